The van der Waals surface area contributed by atoms with Gasteiger partial charge in [-0.25, -0.2) is 49.5 Å². The molecule has 6 aromatic heterocycles. The fraction of sp³-hybridized carbons (Fsp3) is 0.213. The lowest BCUT2D eigenvalue weighted by Gasteiger charge is -2.23. The maximum atomic E-state index is 13.7. The average Bonchev–Trinajstić information content (AvgIpc) is 0.774. The van der Waals surface area contributed by atoms with Gasteiger partial charge in [0, 0.05) is 41.5 Å². The Morgan fingerprint density at radius 1 is 0.390 bits per heavy atom. The number of nitrogens with zero attached hydrogens (tertiary/aromatic N) is 12. The summed E-state index contributed by atoms with van der Waals surface area (Å²) in [6.45, 7) is 21.2. The van der Waals surface area contributed by atoms with Crippen molar-refractivity contribution in [3.8, 4) is 58.8 Å². The van der Waals surface area contributed by atoms with Gasteiger partial charge in [0.05, 0.1) is 95.6 Å². The van der Waals surface area contributed by atoms with Gasteiger partial charge in [0.1, 0.15) is 34.5 Å². The van der Waals surface area contributed by atoms with Crippen LogP contribution in [0.1, 0.15) is 183 Å². The third-order valence-corrected chi connectivity index (χ3v) is 18.3. The van der Waals surface area contributed by atoms with Crippen molar-refractivity contribution in [2.24, 2.45) is 0 Å². The van der Waals surface area contributed by atoms with Gasteiger partial charge >= 0.3 is 12.2 Å². The molecular formula is C94H93ClN18O10. The standard InChI is InChI=1S/C24H20N6O2.C24H25N3O3.C23H18N6O2.C21H22ClN3O3.2CH4/c1-3-8-16-9-7-12-18-19(16)24(32)30(17-10-5-4-6-11-17)22(29-18)15(2)28-23(31)20-21(25)27-14-13-26-20;1-6-11-17-12-10-15-19-20(17)22(28)27(18-13-8-7-9-14-18)21(26-19)16(2)25-23(29)30-24(3,4)5;1-3-15-8-7-11-17-18(15)23(31)29(16-9-5-4-6-10-16)21(28-17)14(2)27-22(30)19-20(24)26-13-12-25-19;1-13(23-20(27)28-21(2,3)4)18-24-16-12-8-11-15(22)17(16)19(26)25(18)14-9-6-5-7-10-14;;/h4-7,9-15H,1-2H3,(H2,25,27)(H,28,31);7-10,12-16H,1-5H3,(H,25,29);1,4-14H,2H3,(H2,24,26)(H,27,30);5-13H,1-4H3,(H,23,27);2*1H4/t15-;16-;14-;13-;;/m0000../s1. The first-order valence-corrected chi connectivity index (χ1v) is 38.4. The van der Waals surface area contributed by atoms with Crippen LogP contribution in [-0.2, 0) is 9.47 Å². The van der Waals surface area contributed by atoms with Crippen molar-refractivity contribution in [1.29, 1.82) is 0 Å². The summed E-state index contributed by atoms with van der Waals surface area (Å²) in [6, 6.07) is 55.1. The van der Waals surface area contributed by atoms with E-state index in [0.29, 0.717) is 111 Å². The van der Waals surface area contributed by atoms with Crippen molar-refractivity contribution in [3.05, 3.63) is 317 Å². The van der Waals surface area contributed by atoms with Crippen molar-refractivity contribution in [1.82, 2.24) is 79.4 Å². The van der Waals surface area contributed by atoms with Crippen molar-refractivity contribution >= 4 is 90.8 Å². The molecule has 0 fully saturated rings. The number of nitrogens with one attached hydrogen (secondary N) is 4. The molecule has 28 nitrogen and oxygen atoms in total. The number of fused-ring (bicyclic) bond motifs is 4. The Morgan fingerprint density at radius 3 is 0.951 bits per heavy atom. The van der Waals surface area contributed by atoms with Gasteiger partial charge in [-0.05, 0) is 180 Å². The highest BCUT2D eigenvalue weighted by atomic mass is 35.5. The Morgan fingerprint density at radius 2 is 0.659 bits per heavy atom. The van der Waals surface area contributed by atoms with Crippen LogP contribution in [0, 0.1) is 36.0 Å². The van der Waals surface area contributed by atoms with E-state index in [1.54, 1.807) is 174 Å². The zero-order valence-electron chi connectivity index (χ0n) is 68.2. The molecule has 0 bridgehead atoms. The number of terminal acetylenes is 1. The first kappa shape index (κ1) is 91.4. The lowest BCUT2D eigenvalue weighted by Crippen LogP contribution is -2.37. The highest BCUT2D eigenvalue weighted by Crippen LogP contribution is 2.28. The van der Waals surface area contributed by atoms with Gasteiger partial charge < -0.3 is 42.2 Å². The molecule has 4 amide bonds. The van der Waals surface area contributed by atoms with Gasteiger partial charge in [-0.2, -0.15) is 0 Å². The second-order valence-corrected chi connectivity index (χ2v) is 29.5. The minimum atomic E-state index is -0.652. The van der Waals surface area contributed by atoms with Gasteiger partial charge in [0.2, 0.25) is 0 Å². The van der Waals surface area contributed by atoms with E-state index in [1.807, 2.05) is 103 Å². The summed E-state index contributed by atoms with van der Waals surface area (Å²) in [4.78, 5) is 139. The molecule has 8 aromatic carbocycles. The van der Waals surface area contributed by atoms with Crippen molar-refractivity contribution in [3.63, 3.8) is 0 Å². The van der Waals surface area contributed by atoms with E-state index in [0.717, 1.165) is 0 Å². The number of hydrogen-bond donors (Lipinski definition) is 6. The second kappa shape index (κ2) is 40.3. The number of alkyl carbamates (subject to hydrolysis) is 2. The van der Waals surface area contributed by atoms with E-state index in [-0.39, 0.29) is 60.1 Å². The lowest BCUT2D eigenvalue weighted by molar-refractivity contribution is 0.0493. The second-order valence-electron chi connectivity index (χ2n) is 29.1. The van der Waals surface area contributed by atoms with Crippen LogP contribution in [0.15, 0.2) is 238 Å². The van der Waals surface area contributed by atoms with Crippen LogP contribution in [0.25, 0.3) is 66.4 Å². The highest BCUT2D eigenvalue weighted by Gasteiger charge is 2.29. The molecule has 0 aliphatic carbocycles. The molecular weight excluding hydrogens is 1580 g/mol. The molecule has 4 atom stereocenters. The Bertz CT molecular complexity index is 6700. The van der Waals surface area contributed by atoms with Gasteiger partial charge in [0.15, 0.2) is 23.0 Å². The first-order valence-electron chi connectivity index (χ1n) is 38.1. The number of nitrogen functional groups attached to an aromatic ring is 2. The summed E-state index contributed by atoms with van der Waals surface area (Å²) in [5.74, 6) is 14.7. The first-order chi connectivity index (χ1) is 57.9. The molecule has 0 aliphatic heterocycles. The third-order valence-electron chi connectivity index (χ3n) is 18.0. The Kier molecular flexibility index (Phi) is 30.0. The van der Waals surface area contributed by atoms with E-state index in [1.165, 1.54) is 43.1 Å². The van der Waals surface area contributed by atoms with Crippen LogP contribution in [0.4, 0.5) is 21.2 Å². The monoisotopic (exact) mass is 1670 g/mol. The van der Waals surface area contributed by atoms with Gasteiger partial charge in [-0.15, -0.1) is 18.3 Å². The fourth-order valence-electron chi connectivity index (χ4n) is 12.8. The molecule has 6 heterocycles. The van der Waals surface area contributed by atoms with E-state index >= 15 is 0 Å². The summed E-state index contributed by atoms with van der Waals surface area (Å²) in [5.41, 5.74) is 15.3. The number of halogens is 1. The molecule has 0 saturated heterocycles. The largest absolute Gasteiger partial charge is 0.444 e. The summed E-state index contributed by atoms with van der Waals surface area (Å²) in [6.07, 6.45) is 10.0. The molecule has 0 unspecified atom stereocenters. The number of para-hydroxylation sites is 4. The van der Waals surface area contributed by atoms with Crippen molar-refractivity contribution in [2.45, 2.75) is 133 Å². The molecule has 14 rings (SSSR count). The number of anilines is 2. The van der Waals surface area contributed by atoms with Crippen molar-refractivity contribution < 1.29 is 28.7 Å². The van der Waals surface area contributed by atoms with Crippen LogP contribution >= 0.6 is 11.6 Å². The fourth-order valence-corrected chi connectivity index (χ4v) is 13.1. The lowest BCUT2D eigenvalue weighted by atomic mass is 10.1. The van der Waals surface area contributed by atoms with Crippen LogP contribution in [0.3, 0.4) is 0 Å². The quantitative estimate of drug-likeness (QED) is 0.0551. The topological polar surface area (TPSA) is 378 Å². The number of ether oxygens (including phenoxy) is 2. The molecule has 626 valence electrons. The minimum absolute atomic E-state index is 0. The molecule has 14 aromatic rings. The molecule has 0 saturated carbocycles. The molecule has 0 spiro atoms. The highest BCUT2D eigenvalue weighted by molar-refractivity contribution is 6.35. The van der Waals surface area contributed by atoms with Crippen LogP contribution < -0.4 is 55.0 Å². The number of carbonyl (C=O) groups is 4. The smallest absolute Gasteiger partial charge is 0.408 e. The zero-order valence-corrected chi connectivity index (χ0v) is 68.9. The zero-order chi connectivity index (χ0) is 87.0. The number of carbonyl (C=O) groups excluding carboxylic acids is 4. The summed E-state index contributed by atoms with van der Waals surface area (Å²) in [7, 11) is 0. The predicted molar refractivity (Wildman–Crippen MR) is 481 cm³/mol. The Balaban J connectivity index is 0.000000185. The van der Waals surface area contributed by atoms with E-state index in [9.17, 15) is 38.4 Å². The maximum Gasteiger partial charge on any atom is 0.408 e. The normalized spacial score (nSPS) is 11.7. The van der Waals surface area contributed by atoms with Crippen LogP contribution in [-0.4, -0.2) is 93.3 Å². The van der Waals surface area contributed by atoms with E-state index < -0.39 is 59.4 Å². The molecule has 8 N–H and O–H groups in total. The summed E-state index contributed by atoms with van der Waals surface area (Å²) in [5, 5.41) is 13.0. The number of hydrogen-bond acceptors (Lipinski definition) is 20. The SMILES string of the molecule is C.C.C#Cc1cccc2nc([C@H](C)NC(=O)c3nccnc3N)n(-c3ccccc3)c(=O)c12.CC#Cc1cccc2nc([C@H](C)NC(=O)OC(C)(C)C)n(-c3ccccc3)c(=O)c12.CC#Cc1cccc2nc([C@H](C)NC(=O)c3nccnc3N)n(-c3ccccc3)c(=O)c12.C[C@H](NC(=O)OC(C)(C)C)c1nc2cccc(Cl)c2c(=O)n1-c1ccccc1. The number of amides is 4. The molecule has 0 radical (unpaired) electrons. The Hall–Kier alpha value is -15.5. The van der Waals surface area contributed by atoms with Crippen LogP contribution in [0.2, 0.25) is 5.02 Å². The van der Waals surface area contributed by atoms with Gasteiger partial charge in [-0.3, -0.25) is 47.0 Å². The number of aromatic nitrogens is 12. The summed E-state index contributed by atoms with van der Waals surface area (Å²) < 4.78 is 16.6. The summed E-state index contributed by atoms with van der Waals surface area (Å²) >= 11 is 6.27. The van der Waals surface area contributed by atoms with Gasteiger partial charge in [-0.1, -0.05) is 141 Å². The number of benzene rings is 8. The predicted octanol–water partition coefficient (Wildman–Crippen LogP) is 15.1. The van der Waals surface area contributed by atoms with Crippen molar-refractivity contribution in [2.75, 3.05) is 11.5 Å². The third kappa shape index (κ3) is 21.5. The minimum Gasteiger partial charge on any atom is -0.444 e. The molecule has 0 aliphatic rings. The molecule has 123 heavy (non-hydrogen) atoms. The van der Waals surface area contributed by atoms with E-state index in [2.05, 4.69) is 80.8 Å². The number of nitrogens with two attached hydrogens (primary N) is 2. The van der Waals surface area contributed by atoms with Crippen LogP contribution in [0.5, 0.6) is 0 Å². The van der Waals surface area contributed by atoms with Gasteiger partial charge in [0.25, 0.3) is 34.1 Å². The maximum absolute atomic E-state index is 13.7. The molecule has 29 heteroatoms. The number of rotatable bonds is 14. The van der Waals surface area contributed by atoms with E-state index in [4.69, 9.17) is 48.9 Å². The Labute approximate surface area is 715 Å². The average molecular weight is 1670 g/mol.